The first-order chi connectivity index (χ1) is 13.4. The summed E-state index contributed by atoms with van der Waals surface area (Å²) in [7, 11) is -0.954. The van der Waals surface area contributed by atoms with Gasteiger partial charge in [0.1, 0.15) is 11.5 Å². The van der Waals surface area contributed by atoms with Crippen LogP contribution in [-0.2, 0) is 23.1 Å². The zero-order valence-corrected chi connectivity index (χ0v) is 17.0. The Labute approximate surface area is 163 Å². The summed E-state index contributed by atoms with van der Waals surface area (Å²) in [4.78, 5) is 12.5. The summed E-state index contributed by atoms with van der Waals surface area (Å²) in [5, 5.41) is 0. The zero-order chi connectivity index (χ0) is 20.5. The van der Waals surface area contributed by atoms with E-state index < -0.39 is 10.0 Å². The van der Waals surface area contributed by atoms with Gasteiger partial charge in [-0.15, -0.1) is 0 Å². The van der Waals surface area contributed by atoms with Crippen molar-refractivity contribution in [2.24, 2.45) is 0 Å². The predicted molar refractivity (Wildman–Crippen MR) is 108 cm³/mol. The Balaban J connectivity index is 2.10. The zero-order valence-electron chi connectivity index (χ0n) is 16.2. The fourth-order valence-corrected chi connectivity index (χ4v) is 4.26. The molecule has 1 heterocycles. The third-order valence-electron chi connectivity index (χ3n) is 4.58. The normalized spacial score (nSPS) is 11.6. The first-order valence-corrected chi connectivity index (χ1v) is 10.3. The average Bonchev–Trinajstić information content (AvgIpc) is 2.97. The summed E-state index contributed by atoms with van der Waals surface area (Å²) in [6.07, 6.45) is 0. The summed E-state index contributed by atoms with van der Waals surface area (Å²) >= 11 is 0. The molecule has 0 aliphatic rings. The van der Waals surface area contributed by atoms with Gasteiger partial charge in [0.2, 0.25) is 0 Å². The summed E-state index contributed by atoms with van der Waals surface area (Å²) in [5.41, 5.74) is 1.39. The molecule has 150 valence electrons. The number of nitrogens with one attached hydrogen (secondary N) is 1. The maximum absolute atomic E-state index is 13.0. The molecule has 0 aliphatic carbocycles. The van der Waals surface area contributed by atoms with Crippen molar-refractivity contribution in [1.82, 2.24) is 9.13 Å². The van der Waals surface area contributed by atoms with E-state index in [1.165, 1.54) is 26.4 Å². The first kappa shape index (κ1) is 19.8. The molecule has 1 N–H and O–H groups in total. The van der Waals surface area contributed by atoms with Gasteiger partial charge in [-0.05, 0) is 44.2 Å². The van der Waals surface area contributed by atoms with Gasteiger partial charge in [0.25, 0.3) is 10.0 Å². The van der Waals surface area contributed by atoms with Gasteiger partial charge in [-0.25, -0.2) is 13.2 Å². The number of benzene rings is 2. The van der Waals surface area contributed by atoms with Crippen LogP contribution >= 0.6 is 0 Å². The van der Waals surface area contributed by atoms with Crippen LogP contribution in [0, 0.1) is 0 Å². The highest BCUT2D eigenvalue weighted by Gasteiger charge is 2.20. The summed E-state index contributed by atoms with van der Waals surface area (Å²) in [6, 6.07) is 9.50. The minimum Gasteiger partial charge on any atom is -0.497 e. The number of aryl methyl sites for hydroxylation is 2. The van der Waals surface area contributed by atoms with Crippen molar-refractivity contribution >= 4 is 26.7 Å². The van der Waals surface area contributed by atoms with Crippen LogP contribution in [0.15, 0.2) is 46.1 Å². The first-order valence-electron chi connectivity index (χ1n) is 8.84. The van der Waals surface area contributed by atoms with Crippen LogP contribution in [0.5, 0.6) is 11.5 Å². The van der Waals surface area contributed by atoms with Crippen LogP contribution in [0.1, 0.15) is 13.8 Å². The van der Waals surface area contributed by atoms with Gasteiger partial charge >= 0.3 is 5.69 Å². The lowest BCUT2D eigenvalue weighted by Gasteiger charge is -2.13. The molecule has 0 spiro atoms. The molecule has 0 fully saturated rings. The molecule has 0 unspecified atom stereocenters. The van der Waals surface area contributed by atoms with Crippen molar-refractivity contribution in [2.75, 3.05) is 18.9 Å². The summed E-state index contributed by atoms with van der Waals surface area (Å²) in [6.45, 7) is 4.68. The second-order valence-corrected chi connectivity index (χ2v) is 7.78. The predicted octanol–water partition coefficient (Wildman–Crippen LogP) is 2.66. The van der Waals surface area contributed by atoms with E-state index in [2.05, 4.69) is 4.72 Å². The van der Waals surface area contributed by atoms with E-state index in [-0.39, 0.29) is 16.3 Å². The van der Waals surface area contributed by atoms with Crippen LogP contribution in [0.4, 0.5) is 5.69 Å². The number of methoxy groups -OCH3 is 2. The van der Waals surface area contributed by atoms with Crippen LogP contribution in [-0.4, -0.2) is 31.8 Å². The van der Waals surface area contributed by atoms with Crippen molar-refractivity contribution < 1.29 is 17.9 Å². The Morgan fingerprint density at radius 2 is 1.61 bits per heavy atom. The quantitative estimate of drug-likeness (QED) is 0.653. The second kappa shape index (κ2) is 7.59. The second-order valence-electron chi connectivity index (χ2n) is 6.09. The van der Waals surface area contributed by atoms with Gasteiger partial charge in [0.05, 0.1) is 35.8 Å². The van der Waals surface area contributed by atoms with Crippen molar-refractivity contribution in [1.29, 1.82) is 0 Å². The molecule has 0 saturated carbocycles. The molecule has 28 heavy (non-hydrogen) atoms. The maximum atomic E-state index is 13.0. The van der Waals surface area contributed by atoms with Gasteiger partial charge in [0.15, 0.2) is 0 Å². The number of hydrogen-bond acceptors (Lipinski definition) is 5. The van der Waals surface area contributed by atoms with Crippen molar-refractivity contribution in [3.05, 3.63) is 46.9 Å². The number of nitrogens with zero attached hydrogens (tertiary/aromatic N) is 2. The number of hydrogen-bond donors (Lipinski definition) is 1. The highest BCUT2D eigenvalue weighted by Crippen LogP contribution is 2.31. The molecule has 9 heteroatoms. The molecule has 0 radical (unpaired) electrons. The smallest absolute Gasteiger partial charge is 0.329 e. The number of ether oxygens (including phenoxy) is 2. The Kier molecular flexibility index (Phi) is 5.37. The standard InChI is InChI=1S/C19H23N3O5S/c1-5-21-16-9-8-14(12-17(16)22(6-2)19(21)23)28(24,25)20-15-11-13(26-3)7-10-18(15)27-4/h7-12,20H,5-6H2,1-4H3. The average molecular weight is 405 g/mol. The molecule has 2 aromatic carbocycles. The molecule has 1 aromatic heterocycles. The molecule has 0 aliphatic heterocycles. The highest BCUT2D eigenvalue weighted by atomic mass is 32.2. The minimum atomic E-state index is -3.91. The van der Waals surface area contributed by atoms with Gasteiger partial charge < -0.3 is 9.47 Å². The Hall–Kier alpha value is -2.94. The molecule has 0 saturated heterocycles. The van der Waals surface area contributed by atoms with E-state index in [4.69, 9.17) is 9.47 Å². The van der Waals surface area contributed by atoms with Gasteiger partial charge in [-0.3, -0.25) is 13.9 Å². The molecular formula is C19H23N3O5S. The van der Waals surface area contributed by atoms with E-state index in [9.17, 15) is 13.2 Å². The Morgan fingerprint density at radius 1 is 0.929 bits per heavy atom. The topological polar surface area (TPSA) is 91.6 Å². The van der Waals surface area contributed by atoms with E-state index in [0.29, 0.717) is 35.6 Å². The van der Waals surface area contributed by atoms with Gasteiger partial charge in [-0.2, -0.15) is 0 Å². The lowest BCUT2D eigenvalue weighted by molar-refractivity contribution is 0.405. The molecule has 8 nitrogen and oxygen atoms in total. The number of rotatable bonds is 7. The Morgan fingerprint density at radius 3 is 2.21 bits per heavy atom. The van der Waals surface area contributed by atoms with Crippen molar-refractivity contribution in [2.45, 2.75) is 31.8 Å². The third kappa shape index (κ3) is 3.33. The van der Waals surface area contributed by atoms with Crippen LogP contribution in [0.3, 0.4) is 0 Å². The maximum Gasteiger partial charge on any atom is 0.329 e. The van der Waals surface area contributed by atoms with E-state index in [1.54, 1.807) is 33.4 Å². The van der Waals surface area contributed by atoms with Gasteiger partial charge in [0, 0.05) is 19.2 Å². The van der Waals surface area contributed by atoms with E-state index >= 15 is 0 Å². The lowest BCUT2D eigenvalue weighted by atomic mass is 10.3. The molecule has 0 bridgehead atoms. The number of fused-ring (bicyclic) bond motifs is 1. The number of sulfonamides is 1. The van der Waals surface area contributed by atoms with Crippen molar-refractivity contribution in [3.8, 4) is 11.5 Å². The fourth-order valence-electron chi connectivity index (χ4n) is 3.18. The Bertz CT molecular complexity index is 1180. The fraction of sp³-hybridized carbons (Fsp3) is 0.316. The van der Waals surface area contributed by atoms with Crippen LogP contribution < -0.4 is 19.9 Å². The monoisotopic (exact) mass is 405 g/mol. The highest BCUT2D eigenvalue weighted by molar-refractivity contribution is 7.92. The molecule has 0 amide bonds. The molecular weight excluding hydrogens is 382 g/mol. The van der Waals surface area contributed by atoms with Crippen molar-refractivity contribution in [3.63, 3.8) is 0 Å². The van der Waals surface area contributed by atoms with Crippen LogP contribution in [0.2, 0.25) is 0 Å². The molecule has 3 aromatic rings. The largest absolute Gasteiger partial charge is 0.497 e. The minimum absolute atomic E-state index is 0.0559. The number of anilines is 1. The third-order valence-corrected chi connectivity index (χ3v) is 5.95. The SMILES string of the molecule is CCn1c(=O)n(CC)c2cc(S(=O)(=O)Nc3cc(OC)ccc3OC)ccc21. The van der Waals surface area contributed by atoms with E-state index in [1.807, 2.05) is 13.8 Å². The molecule has 3 rings (SSSR count). The van der Waals surface area contributed by atoms with E-state index in [0.717, 1.165) is 0 Å². The van der Waals surface area contributed by atoms with Crippen LogP contribution in [0.25, 0.3) is 11.0 Å². The number of imidazole rings is 1. The summed E-state index contributed by atoms with van der Waals surface area (Å²) in [5.74, 6) is 0.863. The number of aromatic nitrogens is 2. The summed E-state index contributed by atoms with van der Waals surface area (Å²) < 4.78 is 42.1. The molecule has 0 atom stereocenters. The lowest BCUT2D eigenvalue weighted by Crippen LogP contribution is -2.23. The van der Waals surface area contributed by atoms with Gasteiger partial charge in [-0.1, -0.05) is 0 Å².